The van der Waals surface area contributed by atoms with Gasteiger partial charge in [0.25, 0.3) is 0 Å². The summed E-state index contributed by atoms with van der Waals surface area (Å²) >= 11 is 5.21. The molecule has 0 aliphatic carbocycles. The van der Waals surface area contributed by atoms with E-state index in [1.165, 1.54) is 7.05 Å². The second-order valence-corrected chi connectivity index (χ2v) is 3.83. The fourth-order valence-corrected chi connectivity index (χ4v) is 0.970. The Balaban J connectivity index is 4.05. The van der Waals surface area contributed by atoms with Crippen LogP contribution < -0.4 is 10.6 Å². The van der Waals surface area contributed by atoms with Gasteiger partial charge < -0.3 is 10.2 Å². The molecule has 4 amide bonds. The smallest absolute Gasteiger partial charge is 0.324 e. The van der Waals surface area contributed by atoms with E-state index in [4.69, 9.17) is 11.6 Å². The Hall–Kier alpha value is -1.30. The largest absolute Gasteiger partial charge is 0.352 e. The molecule has 0 rings (SSSR count). The van der Waals surface area contributed by atoms with Crippen molar-refractivity contribution in [3.05, 3.63) is 0 Å². The molecule has 0 bridgehead atoms. The molecule has 0 aromatic rings. The highest BCUT2D eigenvalue weighted by Gasteiger charge is 2.15. The zero-order chi connectivity index (χ0) is 12.7. The Morgan fingerprint density at radius 2 is 1.81 bits per heavy atom. The molecule has 0 atom stereocenters. The fourth-order valence-electron chi connectivity index (χ4n) is 0.903. The number of carbonyl (C=O) groups excluding carboxylic acids is 3. The van der Waals surface area contributed by atoms with E-state index < -0.39 is 11.9 Å². The second kappa shape index (κ2) is 7.05. The Bertz CT molecular complexity index is 281. The minimum Gasteiger partial charge on any atom is -0.352 e. The van der Waals surface area contributed by atoms with Crippen LogP contribution in [0.5, 0.6) is 0 Å². The van der Waals surface area contributed by atoms with Gasteiger partial charge in [-0.25, -0.2) is 4.79 Å². The molecule has 0 heterocycles. The van der Waals surface area contributed by atoms with Crippen molar-refractivity contribution < 1.29 is 14.4 Å². The number of rotatable bonds is 4. The average molecular weight is 250 g/mol. The number of amides is 4. The number of imide groups is 1. The Labute approximate surface area is 99.3 Å². The van der Waals surface area contributed by atoms with E-state index in [-0.39, 0.29) is 24.4 Å². The van der Waals surface area contributed by atoms with Gasteiger partial charge in [0.2, 0.25) is 11.8 Å². The summed E-state index contributed by atoms with van der Waals surface area (Å²) < 4.78 is 0. The maximum absolute atomic E-state index is 11.3. The van der Waals surface area contributed by atoms with Crippen LogP contribution in [-0.2, 0) is 9.59 Å². The van der Waals surface area contributed by atoms with Crippen molar-refractivity contribution in [1.29, 1.82) is 0 Å². The van der Waals surface area contributed by atoms with E-state index >= 15 is 0 Å². The summed E-state index contributed by atoms with van der Waals surface area (Å²) in [5, 5.41) is 4.65. The van der Waals surface area contributed by atoms with E-state index in [0.717, 1.165) is 4.90 Å². The maximum atomic E-state index is 11.3. The normalized spacial score (nSPS) is 9.81. The molecule has 0 fully saturated rings. The Kier molecular flexibility index (Phi) is 6.48. The molecule has 6 nitrogen and oxygen atoms in total. The number of urea groups is 1. The zero-order valence-corrected chi connectivity index (χ0v) is 10.3. The summed E-state index contributed by atoms with van der Waals surface area (Å²) in [5.74, 6) is -1.17. The molecule has 0 aliphatic heterocycles. The summed E-state index contributed by atoms with van der Waals surface area (Å²) in [7, 11) is 1.41. The van der Waals surface area contributed by atoms with Gasteiger partial charge in [-0.1, -0.05) is 0 Å². The van der Waals surface area contributed by atoms with Gasteiger partial charge in [-0.05, 0) is 13.8 Å². The molecule has 92 valence electrons. The lowest BCUT2D eigenvalue weighted by molar-refractivity contribution is -0.122. The van der Waals surface area contributed by atoms with Crippen molar-refractivity contribution in [2.45, 2.75) is 19.9 Å². The highest BCUT2D eigenvalue weighted by Crippen LogP contribution is 1.87. The number of halogens is 1. The number of alkyl halides is 1. The van der Waals surface area contributed by atoms with Crippen LogP contribution in [0.4, 0.5) is 4.79 Å². The number of carbonyl (C=O) groups is 3. The van der Waals surface area contributed by atoms with Gasteiger partial charge in [0.05, 0.1) is 0 Å². The van der Waals surface area contributed by atoms with Crippen LogP contribution in [0.15, 0.2) is 0 Å². The van der Waals surface area contributed by atoms with Crippen molar-refractivity contribution in [2.75, 3.05) is 19.5 Å². The molecule has 16 heavy (non-hydrogen) atoms. The van der Waals surface area contributed by atoms with Crippen LogP contribution in [0.1, 0.15) is 13.8 Å². The van der Waals surface area contributed by atoms with Gasteiger partial charge in [0.1, 0.15) is 12.4 Å². The van der Waals surface area contributed by atoms with E-state index in [1.807, 2.05) is 19.2 Å². The second-order valence-electron chi connectivity index (χ2n) is 3.57. The number of nitrogens with zero attached hydrogens (tertiary/aromatic N) is 1. The summed E-state index contributed by atoms with van der Waals surface area (Å²) in [5.41, 5.74) is 0. The van der Waals surface area contributed by atoms with Crippen molar-refractivity contribution in [3.63, 3.8) is 0 Å². The highest BCUT2D eigenvalue weighted by molar-refractivity contribution is 6.28. The quantitative estimate of drug-likeness (QED) is 0.684. The monoisotopic (exact) mass is 249 g/mol. The van der Waals surface area contributed by atoms with Gasteiger partial charge in [-0.2, -0.15) is 0 Å². The first-order valence-corrected chi connectivity index (χ1v) is 5.30. The van der Waals surface area contributed by atoms with Crippen LogP contribution in [0.2, 0.25) is 0 Å². The molecule has 2 N–H and O–H groups in total. The van der Waals surface area contributed by atoms with Crippen LogP contribution >= 0.6 is 11.6 Å². The van der Waals surface area contributed by atoms with Crippen LogP contribution in [-0.4, -0.2) is 48.3 Å². The molecule has 0 radical (unpaired) electrons. The molecular formula is C9H16ClN3O3. The molecule has 0 saturated carbocycles. The molecule has 7 heteroatoms. The van der Waals surface area contributed by atoms with Gasteiger partial charge >= 0.3 is 6.03 Å². The number of hydrogen-bond acceptors (Lipinski definition) is 3. The summed E-state index contributed by atoms with van der Waals surface area (Å²) in [4.78, 5) is 34.5. The van der Waals surface area contributed by atoms with Crippen LogP contribution in [0.25, 0.3) is 0 Å². The maximum Gasteiger partial charge on any atom is 0.324 e. The third-order valence-corrected chi connectivity index (χ3v) is 1.79. The van der Waals surface area contributed by atoms with E-state index in [1.54, 1.807) is 0 Å². The van der Waals surface area contributed by atoms with E-state index in [9.17, 15) is 14.4 Å². The zero-order valence-electron chi connectivity index (χ0n) is 9.54. The lowest BCUT2D eigenvalue weighted by Crippen LogP contribution is -2.46. The first-order chi connectivity index (χ1) is 7.36. The number of hydrogen-bond donors (Lipinski definition) is 2. The van der Waals surface area contributed by atoms with Crippen molar-refractivity contribution in [1.82, 2.24) is 15.5 Å². The van der Waals surface area contributed by atoms with Gasteiger partial charge in [-0.15, -0.1) is 11.6 Å². The van der Waals surface area contributed by atoms with Gasteiger partial charge in [0, 0.05) is 13.1 Å². The summed E-state index contributed by atoms with van der Waals surface area (Å²) in [6.45, 7) is 3.52. The molecule has 0 saturated heterocycles. The SMILES string of the molecule is CC(C)NC(=O)CN(C)C(=O)NC(=O)CCl. The van der Waals surface area contributed by atoms with Crippen molar-refractivity contribution in [3.8, 4) is 0 Å². The lowest BCUT2D eigenvalue weighted by Gasteiger charge is -2.17. The van der Waals surface area contributed by atoms with Crippen LogP contribution in [0.3, 0.4) is 0 Å². The topological polar surface area (TPSA) is 78.5 Å². The van der Waals surface area contributed by atoms with Gasteiger partial charge in [0.15, 0.2) is 0 Å². The third-order valence-electron chi connectivity index (χ3n) is 1.54. The number of likely N-dealkylation sites (N-methyl/N-ethyl adjacent to an activating group) is 1. The van der Waals surface area contributed by atoms with Crippen molar-refractivity contribution in [2.24, 2.45) is 0 Å². The molecule has 0 spiro atoms. The lowest BCUT2D eigenvalue weighted by atomic mass is 10.4. The van der Waals surface area contributed by atoms with E-state index in [2.05, 4.69) is 5.32 Å². The first-order valence-electron chi connectivity index (χ1n) is 4.77. The minimum absolute atomic E-state index is 0.00781. The summed E-state index contributed by atoms with van der Waals surface area (Å²) in [6.07, 6.45) is 0. The summed E-state index contributed by atoms with van der Waals surface area (Å²) in [6, 6.07) is -0.641. The predicted molar refractivity (Wildman–Crippen MR) is 60.2 cm³/mol. The van der Waals surface area contributed by atoms with E-state index in [0.29, 0.717) is 0 Å². The van der Waals surface area contributed by atoms with Gasteiger partial charge in [-0.3, -0.25) is 14.9 Å². The predicted octanol–water partition coefficient (Wildman–Crippen LogP) is -0.0822. The van der Waals surface area contributed by atoms with Crippen LogP contribution in [0, 0.1) is 0 Å². The molecule has 0 unspecified atom stereocenters. The highest BCUT2D eigenvalue weighted by atomic mass is 35.5. The molecular weight excluding hydrogens is 234 g/mol. The number of nitrogens with one attached hydrogen (secondary N) is 2. The first kappa shape index (κ1) is 14.7. The molecule has 0 aromatic heterocycles. The average Bonchev–Trinajstić information content (AvgIpc) is 2.15. The fraction of sp³-hybridized carbons (Fsp3) is 0.667. The standard InChI is InChI=1S/C9H16ClN3O3/c1-6(2)11-8(15)5-13(3)9(16)12-7(14)4-10/h6H,4-5H2,1-3H3,(H,11,15)(H,12,14,16). The Morgan fingerprint density at radius 3 is 2.25 bits per heavy atom. The Morgan fingerprint density at radius 1 is 1.25 bits per heavy atom. The van der Waals surface area contributed by atoms with Crippen molar-refractivity contribution >= 4 is 29.4 Å². The minimum atomic E-state index is -0.649. The molecule has 0 aromatic carbocycles. The third kappa shape index (κ3) is 6.23. The molecule has 0 aliphatic rings.